The molecule has 126 valence electrons. The molecule has 2 aromatic rings. The van der Waals surface area contributed by atoms with Crippen LogP contribution in [0.4, 0.5) is 0 Å². The van der Waals surface area contributed by atoms with Crippen LogP contribution in [0, 0.1) is 0 Å². The Labute approximate surface area is 155 Å². The molecule has 0 heterocycles. The van der Waals surface area contributed by atoms with Gasteiger partial charge in [0.2, 0.25) is 0 Å². The standard InChI is InChI=1S/C22H26S2/c1-19(21-13-7-5-8-14-21)23-17-11-3-4-12-18-24-20(2)22-15-9-6-10-16-22/h5-10,13-16H,1-4,11-12,17-18H2. The van der Waals surface area contributed by atoms with Crippen molar-refractivity contribution in [1.82, 2.24) is 0 Å². The van der Waals surface area contributed by atoms with E-state index in [9.17, 15) is 0 Å². The van der Waals surface area contributed by atoms with Crippen LogP contribution >= 0.6 is 23.5 Å². The van der Waals surface area contributed by atoms with Crippen molar-refractivity contribution < 1.29 is 0 Å². The minimum atomic E-state index is 1.16. The fourth-order valence-corrected chi connectivity index (χ4v) is 4.16. The molecule has 2 rings (SSSR count). The van der Waals surface area contributed by atoms with E-state index in [1.54, 1.807) is 0 Å². The Bertz CT molecular complexity index is 559. The lowest BCUT2D eigenvalue weighted by Gasteiger charge is -2.07. The summed E-state index contributed by atoms with van der Waals surface area (Å²) in [5.41, 5.74) is 2.50. The highest BCUT2D eigenvalue weighted by molar-refractivity contribution is 8.08. The Morgan fingerprint density at radius 1 is 0.583 bits per heavy atom. The maximum atomic E-state index is 4.17. The first-order valence-electron chi connectivity index (χ1n) is 8.51. The van der Waals surface area contributed by atoms with Crippen molar-refractivity contribution in [1.29, 1.82) is 0 Å². The van der Waals surface area contributed by atoms with Gasteiger partial charge in [-0.2, -0.15) is 0 Å². The molecule has 24 heavy (non-hydrogen) atoms. The van der Waals surface area contributed by atoms with Crippen LogP contribution < -0.4 is 0 Å². The zero-order valence-electron chi connectivity index (χ0n) is 14.2. The number of rotatable bonds is 11. The van der Waals surface area contributed by atoms with Gasteiger partial charge in [0, 0.05) is 9.81 Å². The van der Waals surface area contributed by atoms with E-state index < -0.39 is 0 Å². The quantitative estimate of drug-likeness (QED) is 0.387. The van der Waals surface area contributed by atoms with Gasteiger partial charge in [0.25, 0.3) is 0 Å². The van der Waals surface area contributed by atoms with E-state index in [0.717, 1.165) is 11.5 Å². The van der Waals surface area contributed by atoms with Gasteiger partial charge >= 0.3 is 0 Å². The average Bonchev–Trinajstić information content (AvgIpc) is 2.65. The molecule has 0 radical (unpaired) electrons. The molecule has 0 amide bonds. The summed E-state index contributed by atoms with van der Waals surface area (Å²) in [4.78, 5) is 2.37. The van der Waals surface area contributed by atoms with Crippen molar-refractivity contribution in [2.45, 2.75) is 25.7 Å². The first-order valence-corrected chi connectivity index (χ1v) is 10.5. The minimum Gasteiger partial charge on any atom is -0.126 e. The van der Waals surface area contributed by atoms with Gasteiger partial charge < -0.3 is 0 Å². The van der Waals surface area contributed by atoms with E-state index in [-0.39, 0.29) is 0 Å². The number of thioether (sulfide) groups is 2. The molecule has 0 fully saturated rings. The Morgan fingerprint density at radius 3 is 1.33 bits per heavy atom. The Morgan fingerprint density at radius 2 is 0.958 bits per heavy atom. The van der Waals surface area contributed by atoms with Gasteiger partial charge in [-0.1, -0.05) is 86.7 Å². The summed E-state index contributed by atoms with van der Waals surface area (Å²) in [5.74, 6) is 2.33. The predicted octanol–water partition coefficient (Wildman–Crippen LogP) is 7.36. The lowest BCUT2D eigenvalue weighted by molar-refractivity contribution is 0.712. The molecule has 0 aliphatic rings. The van der Waals surface area contributed by atoms with E-state index in [0.29, 0.717) is 0 Å². The van der Waals surface area contributed by atoms with Crippen molar-refractivity contribution >= 4 is 33.3 Å². The van der Waals surface area contributed by atoms with Crippen molar-refractivity contribution in [2.24, 2.45) is 0 Å². The molecule has 0 saturated heterocycles. The molecular formula is C22H26S2. The van der Waals surface area contributed by atoms with E-state index in [1.165, 1.54) is 46.6 Å². The highest BCUT2D eigenvalue weighted by Crippen LogP contribution is 2.28. The molecule has 2 heteroatoms. The van der Waals surface area contributed by atoms with Crippen molar-refractivity contribution in [3.8, 4) is 0 Å². The van der Waals surface area contributed by atoms with Crippen LogP contribution in [-0.4, -0.2) is 11.5 Å². The topological polar surface area (TPSA) is 0 Å². The average molecular weight is 355 g/mol. The molecule has 0 aromatic heterocycles. The van der Waals surface area contributed by atoms with Gasteiger partial charge in [-0.15, -0.1) is 23.5 Å². The Kier molecular flexibility index (Phi) is 8.86. The molecule has 0 nitrogen and oxygen atoms in total. The lowest BCUT2D eigenvalue weighted by Crippen LogP contribution is -1.86. The normalized spacial score (nSPS) is 10.5. The predicted molar refractivity (Wildman–Crippen MR) is 114 cm³/mol. The smallest absolute Gasteiger partial charge is 0.00725 e. The van der Waals surface area contributed by atoms with Crippen molar-refractivity contribution in [3.05, 3.63) is 84.9 Å². The largest absolute Gasteiger partial charge is 0.126 e. The zero-order valence-corrected chi connectivity index (χ0v) is 15.9. The second-order valence-corrected chi connectivity index (χ2v) is 8.07. The van der Waals surface area contributed by atoms with Crippen LogP contribution in [-0.2, 0) is 0 Å². The fourth-order valence-electron chi connectivity index (χ4n) is 2.36. The van der Waals surface area contributed by atoms with E-state index in [4.69, 9.17) is 0 Å². The molecule has 0 spiro atoms. The van der Waals surface area contributed by atoms with Crippen LogP contribution in [0.2, 0.25) is 0 Å². The summed E-state index contributed by atoms with van der Waals surface area (Å²) < 4.78 is 0. The number of hydrogen-bond donors (Lipinski definition) is 0. The molecule has 0 aliphatic heterocycles. The molecule has 0 atom stereocenters. The van der Waals surface area contributed by atoms with Gasteiger partial charge in [-0.3, -0.25) is 0 Å². The zero-order chi connectivity index (χ0) is 17.0. The molecule has 0 N–H and O–H groups in total. The molecule has 0 bridgehead atoms. The van der Waals surface area contributed by atoms with Gasteiger partial charge in [0.1, 0.15) is 0 Å². The van der Waals surface area contributed by atoms with Gasteiger partial charge in [0.05, 0.1) is 0 Å². The van der Waals surface area contributed by atoms with E-state index in [1.807, 2.05) is 35.7 Å². The van der Waals surface area contributed by atoms with Gasteiger partial charge in [0.15, 0.2) is 0 Å². The Hall–Kier alpha value is -1.38. The van der Waals surface area contributed by atoms with Crippen molar-refractivity contribution in [3.63, 3.8) is 0 Å². The van der Waals surface area contributed by atoms with Crippen LogP contribution in [0.25, 0.3) is 9.81 Å². The fraction of sp³-hybridized carbons (Fsp3) is 0.273. The van der Waals surface area contributed by atoms with Crippen molar-refractivity contribution in [2.75, 3.05) is 11.5 Å². The molecule has 2 aromatic carbocycles. The third kappa shape index (κ3) is 7.02. The number of hydrogen-bond acceptors (Lipinski definition) is 2. The number of benzene rings is 2. The summed E-state index contributed by atoms with van der Waals surface area (Å²) in [6, 6.07) is 20.9. The summed E-state index contributed by atoms with van der Waals surface area (Å²) in [7, 11) is 0. The highest BCUT2D eigenvalue weighted by atomic mass is 32.2. The summed E-state index contributed by atoms with van der Waals surface area (Å²) in [6.45, 7) is 8.34. The summed E-state index contributed by atoms with van der Waals surface area (Å²) in [6.07, 6.45) is 5.13. The minimum absolute atomic E-state index is 1.16. The summed E-state index contributed by atoms with van der Waals surface area (Å²) >= 11 is 3.76. The highest BCUT2D eigenvalue weighted by Gasteiger charge is 2.00. The third-order valence-corrected chi connectivity index (χ3v) is 5.94. The SMILES string of the molecule is C=C(SCCCCCCSC(=C)c1ccccc1)c1ccccc1. The second kappa shape index (κ2) is 11.2. The molecule has 0 aliphatic carbocycles. The second-order valence-electron chi connectivity index (χ2n) is 5.69. The molecule has 0 saturated carbocycles. The van der Waals surface area contributed by atoms with Crippen LogP contribution in [0.5, 0.6) is 0 Å². The number of unbranched alkanes of at least 4 members (excludes halogenated alkanes) is 3. The molecular weight excluding hydrogens is 328 g/mol. The third-order valence-electron chi connectivity index (χ3n) is 3.78. The maximum absolute atomic E-state index is 4.17. The first kappa shape index (κ1) is 19.0. The maximum Gasteiger partial charge on any atom is 0.00725 e. The lowest BCUT2D eigenvalue weighted by atomic mass is 10.2. The first-order chi connectivity index (χ1) is 11.8. The van der Waals surface area contributed by atoms with Gasteiger partial charge in [-0.05, 0) is 35.5 Å². The summed E-state index contributed by atoms with van der Waals surface area (Å²) in [5, 5.41) is 0. The van der Waals surface area contributed by atoms with Crippen LogP contribution in [0.15, 0.2) is 73.8 Å². The molecule has 0 unspecified atom stereocenters. The monoisotopic (exact) mass is 354 g/mol. The van der Waals surface area contributed by atoms with Crippen LogP contribution in [0.3, 0.4) is 0 Å². The Balaban J connectivity index is 1.48. The van der Waals surface area contributed by atoms with E-state index in [2.05, 4.69) is 61.7 Å². The van der Waals surface area contributed by atoms with Gasteiger partial charge in [-0.25, -0.2) is 0 Å². The van der Waals surface area contributed by atoms with Crippen LogP contribution in [0.1, 0.15) is 36.8 Å². The van der Waals surface area contributed by atoms with E-state index >= 15 is 0 Å².